The predicted octanol–water partition coefficient (Wildman–Crippen LogP) is 1.80. The maximum Gasteiger partial charge on any atom is 0.269 e. The van der Waals surface area contributed by atoms with Gasteiger partial charge in [0, 0.05) is 12.1 Å². The van der Waals surface area contributed by atoms with E-state index < -0.39 is 4.92 Å². The first-order valence-corrected chi connectivity index (χ1v) is 5.60. The molecule has 0 saturated carbocycles. The Balaban J connectivity index is 2.51. The number of benzene rings is 1. The Morgan fingerprint density at radius 1 is 1.47 bits per heavy atom. The molecule has 2 N–H and O–H groups in total. The molecule has 2 aromatic rings. The molecule has 1 aromatic carbocycles. The number of non-ortho nitro benzene ring substituents is 1. The van der Waals surface area contributed by atoms with Crippen LogP contribution < -0.4 is 5.73 Å². The highest BCUT2D eigenvalue weighted by atomic mass is 16.6. The van der Waals surface area contributed by atoms with Crippen LogP contribution in [-0.4, -0.2) is 14.7 Å². The van der Waals surface area contributed by atoms with E-state index in [1.165, 1.54) is 16.8 Å². The lowest BCUT2D eigenvalue weighted by atomic mass is 10.2. The SMILES string of the molecule is CCc1nn(-c2ccc([N+](=O)[O-])cc2)c(N)c1C#N. The van der Waals surface area contributed by atoms with Crippen LogP contribution in [0, 0.1) is 21.4 Å². The zero-order valence-electron chi connectivity index (χ0n) is 10.2. The minimum atomic E-state index is -0.478. The van der Waals surface area contributed by atoms with E-state index >= 15 is 0 Å². The molecule has 0 unspecified atom stereocenters. The van der Waals surface area contributed by atoms with Gasteiger partial charge in [0.2, 0.25) is 0 Å². The van der Waals surface area contributed by atoms with Gasteiger partial charge in [0.25, 0.3) is 5.69 Å². The van der Waals surface area contributed by atoms with Crippen LogP contribution in [0.3, 0.4) is 0 Å². The molecule has 96 valence electrons. The summed E-state index contributed by atoms with van der Waals surface area (Å²) >= 11 is 0. The Morgan fingerprint density at radius 3 is 2.53 bits per heavy atom. The number of hydrogen-bond acceptors (Lipinski definition) is 5. The topological polar surface area (TPSA) is 111 Å². The lowest BCUT2D eigenvalue weighted by molar-refractivity contribution is -0.384. The highest BCUT2D eigenvalue weighted by Gasteiger charge is 2.15. The number of nitrogen functional groups attached to an aromatic ring is 1. The third-order valence-corrected chi connectivity index (χ3v) is 2.75. The first-order chi connectivity index (χ1) is 9.08. The molecule has 19 heavy (non-hydrogen) atoms. The molecule has 0 aliphatic heterocycles. The van der Waals surface area contributed by atoms with Gasteiger partial charge < -0.3 is 5.73 Å². The minimum absolute atomic E-state index is 0.00861. The number of rotatable bonds is 3. The van der Waals surface area contributed by atoms with E-state index in [9.17, 15) is 10.1 Å². The molecule has 0 radical (unpaired) electrons. The number of aryl methyl sites for hydroxylation is 1. The fourth-order valence-corrected chi connectivity index (χ4v) is 1.76. The monoisotopic (exact) mass is 257 g/mol. The van der Waals surface area contributed by atoms with Crippen molar-refractivity contribution in [2.24, 2.45) is 0 Å². The Labute approximate surface area is 109 Å². The van der Waals surface area contributed by atoms with Gasteiger partial charge in [-0.2, -0.15) is 10.4 Å². The van der Waals surface area contributed by atoms with Gasteiger partial charge >= 0.3 is 0 Å². The van der Waals surface area contributed by atoms with E-state index in [4.69, 9.17) is 11.0 Å². The summed E-state index contributed by atoms with van der Waals surface area (Å²) in [6, 6.07) is 7.84. The number of hydrogen-bond donors (Lipinski definition) is 1. The number of nitro groups is 1. The molecule has 0 saturated heterocycles. The van der Waals surface area contributed by atoms with Crippen LogP contribution in [0.1, 0.15) is 18.2 Å². The number of nitrogens with two attached hydrogens (primary N) is 1. The summed E-state index contributed by atoms with van der Waals surface area (Å²) in [5.41, 5.74) is 7.40. The Morgan fingerprint density at radius 2 is 2.11 bits per heavy atom. The second-order valence-electron chi connectivity index (χ2n) is 3.86. The first kappa shape index (κ1) is 12.6. The number of anilines is 1. The van der Waals surface area contributed by atoms with Crippen LogP contribution in [0.5, 0.6) is 0 Å². The Hall–Kier alpha value is -2.88. The second-order valence-corrected chi connectivity index (χ2v) is 3.86. The second kappa shape index (κ2) is 4.78. The van der Waals surface area contributed by atoms with Crippen LogP contribution in [0.15, 0.2) is 24.3 Å². The molecule has 7 heteroatoms. The van der Waals surface area contributed by atoms with Gasteiger partial charge in [-0.3, -0.25) is 10.1 Å². The third-order valence-electron chi connectivity index (χ3n) is 2.75. The van der Waals surface area contributed by atoms with E-state index in [1.807, 2.05) is 13.0 Å². The van der Waals surface area contributed by atoms with Crippen LogP contribution in [-0.2, 0) is 6.42 Å². The summed E-state index contributed by atoms with van der Waals surface area (Å²) in [6.45, 7) is 1.88. The summed E-state index contributed by atoms with van der Waals surface area (Å²) in [5.74, 6) is 0.244. The standard InChI is InChI=1S/C12H11N5O2/c1-2-11-10(7-13)12(14)16(15-11)8-3-5-9(6-4-8)17(18)19/h3-6H,2,14H2,1H3. The fourth-order valence-electron chi connectivity index (χ4n) is 1.76. The van der Waals surface area contributed by atoms with Gasteiger partial charge in [-0.25, -0.2) is 4.68 Å². The minimum Gasteiger partial charge on any atom is -0.382 e. The van der Waals surface area contributed by atoms with Crippen molar-refractivity contribution in [2.45, 2.75) is 13.3 Å². The summed E-state index contributed by atoms with van der Waals surface area (Å²) < 4.78 is 1.42. The fraction of sp³-hybridized carbons (Fsp3) is 0.167. The zero-order valence-corrected chi connectivity index (χ0v) is 10.2. The Kier molecular flexibility index (Phi) is 3.16. The number of aromatic nitrogens is 2. The van der Waals surface area contributed by atoms with Crippen LogP contribution >= 0.6 is 0 Å². The molecule has 1 heterocycles. The highest BCUT2D eigenvalue weighted by Crippen LogP contribution is 2.22. The highest BCUT2D eigenvalue weighted by molar-refractivity contribution is 5.56. The van der Waals surface area contributed by atoms with Crippen molar-refractivity contribution in [2.75, 3.05) is 5.73 Å². The normalized spacial score (nSPS) is 10.1. The molecule has 0 amide bonds. The third kappa shape index (κ3) is 2.11. The molecule has 7 nitrogen and oxygen atoms in total. The van der Waals surface area contributed by atoms with Crippen molar-refractivity contribution in [3.63, 3.8) is 0 Å². The molecular weight excluding hydrogens is 246 g/mol. The predicted molar refractivity (Wildman–Crippen MR) is 68.7 cm³/mol. The molecule has 0 aliphatic carbocycles. The molecular formula is C12H11N5O2. The summed E-state index contributed by atoms with van der Waals surface area (Å²) in [7, 11) is 0. The van der Waals surface area contributed by atoms with E-state index in [1.54, 1.807) is 12.1 Å². The van der Waals surface area contributed by atoms with E-state index in [0.29, 0.717) is 23.4 Å². The van der Waals surface area contributed by atoms with Crippen LogP contribution in [0.2, 0.25) is 0 Å². The van der Waals surface area contributed by atoms with Gasteiger partial charge in [-0.15, -0.1) is 0 Å². The van der Waals surface area contributed by atoms with E-state index in [2.05, 4.69) is 5.10 Å². The zero-order chi connectivity index (χ0) is 14.0. The van der Waals surface area contributed by atoms with E-state index in [0.717, 1.165) is 0 Å². The smallest absolute Gasteiger partial charge is 0.269 e. The maximum atomic E-state index is 10.6. The van der Waals surface area contributed by atoms with Gasteiger partial charge in [0.1, 0.15) is 17.5 Å². The molecule has 0 spiro atoms. The number of nitro benzene ring substituents is 1. The van der Waals surface area contributed by atoms with Crippen molar-refractivity contribution in [3.05, 3.63) is 45.6 Å². The first-order valence-electron chi connectivity index (χ1n) is 5.60. The molecule has 1 aromatic heterocycles. The molecule has 2 rings (SSSR count). The summed E-state index contributed by atoms with van der Waals surface area (Å²) in [5, 5.41) is 23.9. The largest absolute Gasteiger partial charge is 0.382 e. The molecule has 0 bridgehead atoms. The average Bonchev–Trinajstić information content (AvgIpc) is 2.75. The quantitative estimate of drug-likeness (QED) is 0.665. The van der Waals surface area contributed by atoms with Gasteiger partial charge in [0.05, 0.1) is 16.3 Å². The number of nitrogens with zero attached hydrogens (tertiary/aromatic N) is 4. The lowest BCUT2D eigenvalue weighted by Gasteiger charge is -2.03. The van der Waals surface area contributed by atoms with Crippen molar-refractivity contribution >= 4 is 11.5 Å². The Bertz CT molecular complexity index is 667. The number of nitriles is 1. The summed E-state index contributed by atoms with van der Waals surface area (Å²) in [4.78, 5) is 10.1. The van der Waals surface area contributed by atoms with Gasteiger partial charge in [0.15, 0.2) is 0 Å². The van der Waals surface area contributed by atoms with Gasteiger partial charge in [-0.05, 0) is 18.6 Å². The molecule has 0 fully saturated rings. The lowest BCUT2D eigenvalue weighted by Crippen LogP contribution is -2.02. The maximum absolute atomic E-state index is 10.6. The van der Waals surface area contributed by atoms with Crippen molar-refractivity contribution in [1.29, 1.82) is 5.26 Å². The summed E-state index contributed by atoms with van der Waals surface area (Å²) in [6.07, 6.45) is 0.590. The van der Waals surface area contributed by atoms with Crippen LogP contribution in [0.25, 0.3) is 5.69 Å². The van der Waals surface area contributed by atoms with Crippen molar-refractivity contribution < 1.29 is 4.92 Å². The average molecular weight is 257 g/mol. The molecule has 0 atom stereocenters. The van der Waals surface area contributed by atoms with Gasteiger partial charge in [-0.1, -0.05) is 6.92 Å². The van der Waals surface area contributed by atoms with E-state index in [-0.39, 0.29) is 11.5 Å². The van der Waals surface area contributed by atoms with Crippen molar-refractivity contribution in [1.82, 2.24) is 9.78 Å². The van der Waals surface area contributed by atoms with Crippen molar-refractivity contribution in [3.8, 4) is 11.8 Å². The van der Waals surface area contributed by atoms with Crippen LogP contribution in [0.4, 0.5) is 11.5 Å². The molecule has 0 aliphatic rings.